The molecule has 1 heterocycles. The molecule has 1 aliphatic heterocycles. The normalized spacial score (nSPS) is 21.9. The Kier molecular flexibility index (Phi) is 5.93. The first-order valence-electron chi connectivity index (χ1n) is 6.78. The fourth-order valence-electron chi connectivity index (χ4n) is 2.26. The highest BCUT2D eigenvalue weighted by atomic mass is 79.9. The number of hydrogen-bond donors (Lipinski definition) is 1. The lowest BCUT2D eigenvalue weighted by Crippen LogP contribution is -2.44. The first-order chi connectivity index (χ1) is 9.65. The van der Waals surface area contributed by atoms with E-state index in [9.17, 15) is 4.79 Å². The number of aryl methyl sites for hydroxylation is 1. The molecule has 0 saturated carbocycles. The van der Waals surface area contributed by atoms with Gasteiger partial charge < -0.3 is 10.1 Å². The van der Waals surface area contributed by atoms with Crippen LogP contribution < -0.4 is 5.32 Å². The summed E-state index contributed by atoms with van der Waals surface area (Å²) in [6, 6.07) is 8.02. The van der Waals surface area contributed by atoms with Gasteiger partial charge in [-0.25, -0.2) is 0 Å². The standard InChI is InChI=1S/C15H20BrNO2S/c1-19-15(8-9-20-11-15)10-17-14(18)7-6-12-4-2-3-5-13(12)16/h2-5H,6-11H2,1H3,(H,17,18). The van der Waals surface area contributed by atoms with Gasteiger partial charge in [-0.1, -0.05) is 34.1 Å². The minimum atomic E-state index is -0.159. The van der Waals surface area contributed by atoms with E-state index in [-0.39, 0.29) is 11.5 Å². The second-order valence-electron chi connectivity index (χ2n) is 5.06. The number of hydrogen-bond acceptors (Lipinski definition) is 3. The minimum Gasteiger partial charge on any atom is -0.376 e. The van der Waals surface area contributed by atoms with E-state index in [0.717, 1.165) is 28.8 Å². The van der Waals surface area contributed by atoms with Gasteiger partial charge in [0.05, 0.1) is 5.60 Å². The van der Waals surface area contributed by atoms with Crippen LogP contribution in [0.25, 0.3) is 0 Å². The number of ether oxygens (including phenoxy) is 1. The topological polar surface area (TPSA) is 38.3 Å². The summed E-state index contributed by atoms with van der Waals surface area (Å²) < 4.78 is 6.65. The Balaban J connectivity index is 1.77. The molecule has 1 aromatic rings. The number of methoxy groups -OCH3 is 1. The zero-order chi connectivity index (χ0) is 14.4. The number of halogens is 1. The van der Waals surface area contributed by atoms with Crippen molar-refractivity contribution in [3.05, 3.63) is 34.3 Å². The second kappa shape index (κ2) is 7.48. The molecule has 0 aliphatic carbocycles. The molecule has 0 spiro atoms. The van der Waals surface area contributed by atoms with Gasteiger partial charge in [-0.2, -0.15) is 11.8 Å². The van der Waals surface area contributed by atoms with E-state index in [0.29, 0.717) is 13.0 Å². The van der Waals surface area contributed by atoms with Gasteiger partial charge in [0.1, 0.15) is 0 Å². The maximum atomic E-state index is 12.0. The summed E-state index contributed by atoms with van der Waals surface area (Å²) in [6.45, 7) is 0.616. The average molecular weight is 358 g/mol. The number of carbonyl (C=O) groups excluding carboxylic acids is 1. The molecule has 1 unspecified atom stereocenters. The molecule has 110 valence electrons. The number of carbonyl (C=O) groups is 1. The first kappa shape index (κ1) is 15.9. The van der Waals surface area contributed by atoms with E-state index in [2.05, 4.69) is 21.2 Å². The van der Waals surface area contributed by atoms with Gasteiger partial charge in [0.25, 0.3) is 0 Å². The van der Waals surface area contributed by atoms with Crippen molar-refractivity contribution in [1.29, 1.82) is 0 Å². The molecule has 1 atom stereocenters. The Morgan fingerprint density at radius 2 is 2.30 bits per heavy atom. The van der Waals surface area contributed by atoms with E-state index < -0.39 is 0 Å². The molecular formula is C15H20BrNO2S. The van der Waals surface area contributed by atoms with Gasteiger partial charge in [0.15, 0.2) is 0 Å². The molecule has 20 heavy (non-hydrogen) atoms. The Morgan fingerprint density at radius 3 is 2.95 bits per heavy atom. The van der Waals surface area contributed by atoms with Gasteiger partial charge in [-0.05, 0) is 30.2 Å². The van der Waals surface area contributed by atoms with Crippen molar-refractivity contribution in [1.82, 2.24) is 5.32 Å². The van der Waals surface area contributed by atoms with Crippen LogP contribution in [0.15, 0.2) is 28.7 Å². The van der Waals surface area contributed by atoms with Gasteiger partial charge in [-0.3, -0.25) is 4.79 Å². The minimum absolute atomic E-state index is 0.0917. The maximum Gasteiger partial charge on any atom is 0.220 e. The van der Waals surface area contributed by atoms with E-state index >= 15 is 0 Å². The Bertz CT molecular complexity index is 461. The predicted octanol–water partition coefficient (Wildman–Crippen LogP) is 3.02. The fourth-order valence-corrected chi connectivity index (χ4v) is 4.14. The first-order valence-corrected chi connectivity index (χ1v) is 8.73. The van der Waals surface area contributed by atoms with Gasteiger partial charge in [-0.15, -0.1) is 0 Å². The Morgan fingerprint density at radius 1 is 1.50 bits per heavy atom. The highest BCUT2D eigenvalue weighted by molar-refractivity contribution is 9.10. The predicted molar refractivity (Wildman–Crippen MR) is 87.2 cm³/mol. The van der Waals surface area contributed by atoms with Crippen LogP contribution in [0.2, 0.25) is 0 Å². The van der Waals surface area contributed by atoms with Crippen LogP contribution in [0.4, 0.5) is 0 Å². The number of thioether (sulfide) groups is 1. The highest BCUT2D eigenvalue weighted by Gasteiger charge is 2.34. The van der Waals surface area contributed by atoms with Crippen LogP contribution in [-0.4, -0.2) is 36.7 Å². The Labute approximate surface area is 133 Å². The Hall–Kier alpha value is -0.520. The van der Waals surface area contributed by atoms with E-state index in [1.54, 1.807) is 7.11 Å². The SMILES string of the molecule is COC1(CNC(=O)CCc2ccccc2Br)CCSC1. The smallest absolute Gasteiger partial charge is 0.220 e. The molecule has 5 heteroatoms. The monoisotopic (exact) mass is 357 g/mol. The summed E-state index contributed by atoms with van der Waals surface area (Å²) in [5.41, 5.74) is 1.01. The van der Waals surface area contributed by atoms with Crippen LogP contribution in [-0.2, 0) is 16.0 Å². The summed E-state index contributed by atoms with van der Waals surface area (Å²) in [5.74, 6) is 2.17. The van der Waals surface area contributed by atoms with Crippen LogP contribution in [0.5, 0.6) is 0 Å². The van der Waals surface area contributed by atoms with Crippen LogP contribution in [0.3, 0.4) is 0 Å². The summed E-state index contributed by atoms with van der Waals surface area (Å²) in [5, 5.41) is 3.01. The fraction of sp³-hybridized carbons (Fsp3) is 0.533. The number of rotatable bonds is 6. The third kappa shape index (κ3) is 4.24. The van der Waals surface area contributed by atoms with Crippen LogP contribution in [0.1, 0.15) is 18.4 Å². The third-order valence-electron chi connectivity index (χ3n) is 3.69. The maximum absolute atomic E-state index is 12.0. The van der Waals surface area contributed by atoms with Crippen molar-refractivity contribution in [3.63, 3.8) is 0 Å². The number of benzene rings is 1. The molecule has 1 fully saturated rings. The lowest BCUT2D eigenvalue weighted by molar-refractivity contribution is -0.122. The molecule has 3 nitrogen and oxygen atoms in total. The zero-order valence-electron chi connectivity index (χ0n) is 11.7. The van der Waals surface area contributed by atoms with Crippen molar-refractivity contribution in [2.75, 3.05) is 25.2 Å². The molecule has 0 radical (unpaired) electrons. The molecule has 1 aliphatic rings. The summed E-state index contributed by atoms with van der Waals surface area (Å²) >= 11 is 5.39. The lowest BCUT2D eigenvalue weighted by Gasteiger charge is -2.26. The van der Waals surface area contributed by atoms with Crippen molar-refractivity contribution in [2.24, 2.45) is 0 Å². The lowest BCUT2D eigenvalue weighted by atomic mass is 10.0. The molecular weight excluding hydrogens is 338 g/mol. The highest BCUT2D eigenvalue weighted by Crippen LogP contribution is 2.30. The van der Waals surface area contributed by atoms with Crippen LogP contribution >= 0.6 is 27.7 Å². The number of amides is 1. The van der Waals surface area contributed by atoms with Crippen molar-refractivity contribution in [3.8, 4) is 0 Å². The molecule has 0 aromatic heterocycles. The quantitative estimate of drug-likeness (QED) is 0.850. The molecule has 1 amide bonds. The molecule has 1 saturated heterocycles. The van der Waals surface area contributed by atoms with Crippen molar-refractivity contribution in [2.45, 2.75) is 24.9 Å². The molecule has 1 aromatic carbocycles. The second-order valence-corrected chi connectivity index (χ2v) is 7.02. The molecule has 1 N–H and O–H groups in total. The zero-order valence-corrected chi connectivity index (χ0v) is 14.1. The van der Waals surface area contributed by atoms with Crippen LogP contribution in [0, 0.1) is 0 Å². The third-order valence-corrected chi connectivity index (χ3v) is 5.68. The van der Waals surface area contributed by atoms with E-state index in [1.165, 1.54) is 5.56 Å². The van der Waals surface area contributed by atoms with Gasteiger partial charge in [0, 0.05) is 30.3 Å². The van der Waals surface area contributed by atoms with Crippen molar-refractivity contribution >= 4 is 33.6 Å². The largest absolute Gasteiger partial charge is 0.376 e. The van der Waals surface area contributed by atoms with Gasteiger partial charge >= 0.3 is 0 Å². The summed E-state index contributed by atoms with van der Waals surface area (Å²) in [4.78, 5) is 12.0. The average Bonchev–Trinajstić information content (AvgIpc) is 2.94. The molecule has 0 bridgehead atoms. The summed E-state index contributed by atoms with van der Waals surface area (Å²) in [7, 11) is 1.74. The summed E-state index contributed by atoms with van der Waals surface area (Å²) in [6.07, 6.45) is 2.27. The van der Waals surface area contributed by atoms with Gasteiger partial charge in [0.2, 0.25) is 5.91 Å². The number of nitrogens with one attached hydrogen (secondary N) is 1. The van der Waals surface area contributed by atoms with E-state index in [1.807, 2.05) is 36.0 Å². The van der Waals surface area contributed by atoms with Crippen molar-refractivity contribution < 1.29 is 9.53 Å². The molecule has 2 rings (SSSR count). The van der Waals surface area contributed by atoms with E-state index in [4.69, 9.17) is 4.74 Å².